The fourth-order valence-electron chi connectivity index (χ4n) is 4.29. The van der Waals surface area contributed by atoms with Crippen molar-refractivity contribution in [1.29, 1.82) is 0 Å². The highest BCUT2D eigenvalue weighted by Gasteiger charge is 2.57. The van der Waals surface area contributed by atoms with Gasteiger partial charge >= 0.3 is 6.09 Å². The molecule has 0 bridgehead atoms. The first-order valence-corrected chi connectivity index (χ1v) is 9.42. The molecule has 1 saturated heterocycles. The van der Waals surface area contributed by atoms with Crippen LogP contribution in [-0.2, 0) is 9.53 Å². The second kappa shape index (κ2) is 7.86. The molecule has 4 unspecified atom stereocenters. The molecule has 1 heterocycles. The van der Waals surface area contributed by atoms with Gasteiger partial charge in [-0.2, -0.15) is 0 Å². The fourth-order valence-corrected chi connectivity index (χ4v) is 4.29. The molecule has 7 atom stereocenters. The third-order valence-electron chi connectivity index (χ3n) is 5.91. The lowest BCUT2D eigenvalue weighted by molar-refractivity contribution is -0.132. The number of aliphatic hydroxyl groups is 1. The van der Waals surface area contributed by atoms with Crippen molar-refractivity contribution < 1.29 is 24.5 Å². The van der Waals surface area contributed by atoms with Gasteiger partial charge in [-0.05, 0) is 31.2 Å². The molecule has 2 aliphatic rings. The molecule has 1 saturated carbocycles. The summed E-state index contributed by atoms with van der Waals surface area (Å²) < 4.78 is 5.56. The Labute approximate surface area is 159 Å². The average molecular weight is 376 g/mol. The molecule has 2 amide bonds. The molecule has 3 rings (SSSR count). The van der Waals surface area contributed by atoms with E-state index in [0.29, 0.717) is 5.92 Å². The molecule has 0 spiro atoms. The molecule has 1 aromatic rings. The monoisotopic (exact) mass is 376 g/mol. The maximum atomic E-state index is 12.7. The van der Waals surface area contributed by atoms with E-state index in [0.717, 1.165) is 18.4 Å². The Hall–Kier alpha value is -2.12. The number of fused-ring (bicyclic) bond motifs is 1. The van der Waals surface area contributed by atoms with E-state index in [1.165, 1.54) is 12.0 Å². The highest BCUT2D eigenvalue weighted by Crippen LogP contribution is 2.49. The van der Waals surface area contributed by atoms with Crippen LogP contribution in [0.2, 0.25) is 0 Å². The first kappa shape index (κ1) is 19.6. The third-order valence-corrected chi connectivity index (χ3v) is 5.91. The van der Waals surface area contributed by atoms with E-state index >= 15 is 0 Å². The van der Waals surface area contributed by atoms with Crippen molar-refractivity contribution >= 4 is 12.0 Å². The van der Waals surface area contributed by atoms with Crippen LogP contribution in [0.25, 0.3) is 0 Å². The summed E-state index contributed by atoms with van der Waals surface area (Å²) in [7, 11) is 1.51. The first-order chi connectivity index (χ1) is 12.8. The minimum absolute atomic E-state index is 0.0687. The number of rotatable bonds is 7. The van der Waals surface area contributed by atoms with Crippen molar-refractivity contribution in [3.63, 3.8) is 0 Å². The Morgan fingerprint density at radius 2 is 1.89 bits per heavy atom. The van der Waals surface area contributed by atoms with Crippen molar-refractivity contribution in [3.8, 4) is 0 Å². The number of benzene rings is 1. The van der Waals surface area contributed by atoms with E-state index < -0.39 is 30.3 Å². The quantitative estimate of drug-likeness (QED) is 0.676. The van der Waals surface area contributed by atoms with Crippen LogP contribution in [-0.4, -0.2) is 58.5 Å². The lowest BCUT2D eigenvalue weighted by atomic mass is 9.93. The number of methoxy groups -OCH3 is 1. The van der Waals surface area contributed by atoms with Crippen LogP contribution in [0.5, 0.6) is 0 Å². The van der Waals surface area contributed by atoms with Crippen molar-refractivity contribution in [2.45, 2.75) is 57.0 Å². The summed E-state index contributed by atoms with van der Waals surface area (Å²) in [6.07, 6.45) is -0.657. The maximum Gasteiger partial charge on any atom is 0.407 e. The Bertz CT molecular complexity index is 682. The fraction of sp³-hybridized carbons (Fsp3) is 0.600. The summed E-state index contributed by atoms with van der Waals surface area (Å²) in [5.74, 6) is -0.405. The van der Waals surface area contributed by atoms with Gasteiger partial charge in [-0.3, -0.25) is 9.69 Å². The van der Waals surface area contributed by atoms with E-state index in [-0.39, 0.29) is 18.0 Å². The van der Waals surface area contributed by atoms with Gasteiger partial charge in [-0.25, -0.2) is 4.79 Å². The number of aliphatic hydroxyl groups excluding tert-OH is 1. The molecule has 3 N–H and O–H groups in total. The Balaban J connectivity index is 1.64. The molecule has 7 heteroatoms. The van der Waals surface area contributed by atoms with Crippen LogP contribution in [0.15, 0.2) is 30.3 Å². The van der Waals surface area contributed by atoms with Gasteiger partial charge in [-0.1, -0.05) is 37.3 Å². The van der Waals surface area contributed by atoms with E-state index in [2.05, 4.69) is 5.32 Å². The number of ether oxygens (including phenoxy) is 1. The van der Waals surface area contributed by atoms with Gasteiger partial charge in [0, 0.05) is 13.2 Å². The number of carbonyl (C=O) groups is 2. The lowest BCUT2D eigenvalue weighted by Gasteiger charge is -2.34. The number of nitrogens with one attached hydrogen (secondary N) is 1. The maximum absolute atomic E-state index is 12.7. The number of carboxylic acid groups (broad SMARTS) is 1. The summed E-state index contributed by atoms with van der Waals surface area (Å²) in [6, 6.07) is 8.43. The van der Waals surface area contributed by atoms with Gasteiger partial charge in [0.1, 0.15) is 0 Å². The summed E-state index contributed by atoms with van der Waals surface area (Å²) in [6.45, 7) is 3.49. The lowest BCUT2D eigenvalue weighted by Crippen LogP contribution is -2.52. The molecule has 1 aliphatic carbocycles. The number of amides is 2. The second-order valence-electron chi connectivity index (χ2n) is 7.70. The van der Waals surface area contributed by atoms with Gasteiger partial charge in [0.25, 0.3) is 0 Å². The number of carbonyl (C=O) groups excluding carboxylic acids is 1. The zero-order valence-corrected chi connectivity index (χ0v) is 15.9. The van der Waals surface area contributed by atoms with Gasteiger partial charge in [0.05, 0.1) is 30.2 Å². The molecule has 27 heavy (non-hydrogen) atoms. The zero-order valence-electron chi connectivity index (χ0n) is 15.9. The standard InChI is InChI=1S/C20H28N2O5/c1-11(18(27-3)16-10-14-9-15(14)22(16)20(25)26)19(24)21-12(2)17(23)13-7-5-4-6-8-13/h4-8,11-12,14-18,23H,9-10H2,1-3H3,(H,21,24)(H,25,26)/t11?,12?,14-,15-,16-,17?,18?/m0/s1. The second-order valence-corrected chi connectivity index (χ2v) is 7.70. The molecule has 1 aromatic carbocycles. The number of hydrogen-bond acceptors (Lipinski definition) is 4. The van der Waals surface area contributed by atoms with Crippen LogP contribution < -0.4 is 5.32 Å². The summed E-state index contributed by atoms with van der Waals surface area (Å²) in [5, 5.41) is 22.8. The van der Waals surface area contributed by atoms with Crippen molar-refractivity contribution in [2.24, 2.45) is 11.8 Å². The van der Waals surface area contributed by atoms with E-state index in [9.17, 15) is 19.8 Å². The molecule has 1 aliphatic heterocycles. The summed E-state index contributed by atoms with van der Waals surface area (Å²) in [4.78, 5) is 25.8. The van der Waals surface area contributed by atoms with E-state index in [1.54, 1.807) is 13.8 Å². The van der Waals surface area contributed by atoms with Gasteiger partial charge in [0.15, 0.2) is 0 Å². The van der Waals surface area contributed by atoms with Gasteiger partial charge < -0.3 is 20.3 Å². The molecule has 0 radical (unpaired) electrons. The van der Waals surface area contributed by atoms with Crippen LogP contribution in [0, 0.1) is 11.8 Å². The molecule has 0 aromatic heterocycles. The molecular formula is C20H28N2O5. The number of nitrogens with zero attached hydrogens (tertiary/aromatic N) is 1. The number of likely N-dealkylation sites (tertiary alicyclic amines) is 1. The van der Waals surface area contributed by atoms with Gasteiger partial charge in [-0.15, -0.1) is 0 Å². The Morgan fingerprint density at radius 1 is 1.22 bits per heavy atom. The van der Waals surface area contributed by atoms with Crippen LogP contribution in [0.4, 0.5) is 4.79 Å². The summed E-state index contributed by atoms with van der Waals surface area (Å²) in [5.41, 5.74) is 0.731. The van der Waals surface area contributed by atoms with Crippen LogP contribution in [0.1, 0.15) is 38.4 Å². The summed E-state index contributed by atoms with van der Waals surface area (Å²) >= 11 is 0. The van der Waals surface area contributed by atoms with Crippen molar-refractivity contribution in [2.75, 3.05) is 7.11 Å². The van der Waals surface area contributed by atoms with Crippen LogP contribution >= 0.6 is 0 Å². The molecule has 2 fully saturated rings. The van der Waals surface area contributed by atoms with Gasteiger partial charge in [0.2, 0.25) is 5.91 Å². The SMILES string of the molecule is COC(C(C)C(=O)NC(C)C(O)c1ccccc1)[C@@H]1C[C@@H]2C[C@@H]2N1C(=O)O. The molecule has 7 nitrogen and oxygen atoms in total. The predicted octanol–water partition coefficient (Wildman–Crippen LogP) is 2.02. The first-order valence-electron chi connectivity index (χ1n) is 9.42. The zero-order chi connectivity index (χ0) is 19.7. The number of piperidine rings is 1. The van der Waals surface area contributed by atoms with E-state index in [1.807, 2.05) is 30.3 Å². The molecular weight excluding hydrogens is 348 g/mol. The third kappa shape index (κ3) is 3.94. The smallest absolute Gasteiger partial charge is 0.407 e. The highest BCUT2D eigenvalue weighted by atomic mass is 16.5. The van der Waals surface area contributed by atoms with Crippen LogP contribution in [0.3, 0.4) is 0 Å². The normalized spacial score (nSPS) is 28.0. The Morgan fingerprint density at radius 3 is 2.48 bits per heavy atom. The average Bonchev–Trinajstić information content (AvgIpc) is 3.31. The van der Waals surface area contributed by atoms with Crippen molar-refractivity contribution in [3.05, 3.63) is 35.9 Å². The minimum atomic E-state index is -0.951. The molecule has 148 valence electrons. The topological polar surface area (TPSA) is 99.1 Å². The number of hydrogen-bond donors (Lipinski definition) is 3. The largest absolute Gasteiger partial charge is 0.465 e. The van der Waals surface area contributed by atoms with Crippen molar-refractivity contribution in [1.82, 2.24) is 10.2 Å². The van der Waals surface area contributed by atoms with E-state index in [4.69, 9.17) is 4.74 Å². The minimum Gasteiger partial charge on any atom is -0.465 e. The highest BCUT2D eigenvalue weighted by molar-refractivity contribution is 5.79. The Kier molecular flexibility index (Phi) is 5.72. The predicted molar refractivity (Wildman–Crippen MR) is 99.1 cm³/mol.